The van der Waals surface area contributed by atoms with Crippen LogP contribution in [0.25, 0.3) is 0 Å². The minimum absolute atomic E-state index is 0.0417. The van der Waals surface area contributed by atoms with Crippen LogP contribution in [0.5, 0.6) is 0 Å². The van der Waals surface area contributed by atoms with Gasteiger partial charge in [0.2, 0.25) is 0 Å². The average Bonchev–Trinajstić information content (AvgIpc) is 2.14. The Kier molecular flexibility index (Phi) is 1.48. The fourth-order valence-electron chi connectivity index (χ4n) is 0.525. The lowest BCUT2D eigenvalue weighted by Gasteiger charge is -2.04. The molecule has 1 unspecified atom stereocenters. The highest BCUT2D eigenvalue weighted by molar-refractivity contribution is 5.66. The summed E-state index contributed by atoms with van der Waals surface area (Å²) < 4.78 is 4.88. The van der Waals surface area contributed by atoms with Gasteiger partial charge in [-0.2, -0.15) is 5.10 Å². The summed E-state index contributed by atoms with van der Waals surface area (Å²) >= 11 is 0. The molecule has 3 heteroatoms. The quantitative estimate of drug-likeness (QED) is 0.476. The van der Waals surface area contributed by atoms with Crippen molar-refractivity contribution in [2.24, 2.45) is 5.10 Å². The molecule has 44 valence electrons. The van der Waals surface area contributed by atoms with Gasteiger partial charge in [0.05, 0.1) is 6.21 Å². The third-order valence-electron chi connectivity index (χ3n) is 0.943. The monoisotopic (exact) mass is 112 g/mol. The number of hydrazone groups is 1. The summed E-state index contributed by atoms with van der Waals surface area (Å²) in [7, 11) is 3.44. The van der Waals surface area contributed by atoms with Gasteiger partial charge in [0, 0.05) is 14.2 Å². The predicted octanol–water partition coefficient (Wildman–Crippen LogP) is -0.0286. The van der Waals surface area contributed by atoms with Crippen LogP contribution in [0.3, 0.4) is 0 Å². The van der Waals surface area contributed by atoms with E-state index in [1.54, 1.807) is 18.3 Å². The zero-order chi connectivity index (χ0) is 5.98. The maximum absolute atomic E-state index is 4.88. The first kappa shape index (κ1) is 5.56. The van der Waals surface area contributed by atoms with Gasteiger partial charge in [-0.3, -0.25) is 5.01 Å². The van der Waals surface area contributed by atoms with Crippen LogP contribution in [0, 0.1) is 6.54 Å². The van der Waals surface area contributed by atoms with E-state index in [0.29, 0.717) is 0 Å². The summed E-state index contributed by atoms with van der Waals surface area (Å²) in [5.41, 5.74) is 0. The summed E-state index contributed by atoms with van der Waals surface area (Å²) in [6.45, 7) is 2.89. The SMILES string of the molecule is COC1[C]N(C)N=C1. The number of nitrogens with zero attached hydrogens (tertiary/aromatic N) is 2. The molecule has 0 fully saturated rings. The van der Waals surface area contributed by atoms with Gasteiger partial charge >= 0.3 is 0 Å². The van der Waals surface area contributed by atoms with Crippen LogP contribution in [-0.2, 0) is 4.74 Å². The van der Waals surface area contributed by atoms with Crippen LogP contribution in [0.2, 0.25) is 0 Å². The number of hydrogen-bond acceptors (Lipinski definition) is 3. The summed E-state index contributed by atoms with van der Waals surface area (Å²) in [6.07, 6.45) is 1.65. The molecule has 1 aliphatic rings. The topological polar surface area (TPSA) is 24.8 Å². The van der Waals surface area contributed by atoms with Gasteiger partial charge in [-0.15, -0.1) is 0 Å². The molecule has 3 nitrogen and oxygen atoms in total. The van der Waals surface area contributed by atoms with Crippen LogP contribution in [0.1, 0.15) is 0 Å². The van der Waals surface area contributed by atoms with Gasteiger partial charge in [0.25, 0.3) is 0 Å². The normalized spacial score (nSPS) is 27.2. The largest absolute Gasteiger partial charge is 0.373 e. The number of likely N-dealkylation sites (N-methyl/N-ethyl adjacent to an activating group) is 1. The first-order chi connectivity index (χ1) is 3.83. The molecule has 8 heavy (non-hydrogen) atoms. The highest BCUT2D eigenvalue weighted by Gasteiger charge is 2.13. The molecule has 0 N–H and O–H groups in total. The number of methoxy groups -OCH3 is 1. The van der Waals surface area contributed by atoms with Crippen molar-refractivity contribution in [1.29, 1.82) is 0 Å². The molecule has 0 aromatic heterocycles. The van der Waals surface area contributed by atoms with E-state index >= 15 is 0 Å². The molecule has 1 heterocycles. The van der Waals surface area contributed by atoms with Gasteiger partial charge in [-0.25, -0.2) is 0 Å². The van der Waals surface area contributed by atoms with E-state index < -0.39 is 0 Å². The lowest BCUT2D eigenvalue weighted by molar-refractivity contribution is 0.169. The van der Waals surface area contributed by atoms with Gasteiger partial charge in [-0.1, -0.05) is 0 Å². The van der Waals surface area contributed by atoms with Crippen LogP contribution < -0.4 is 0 Å². The highest BCUT2D eigenvalue weighted by Crippen LogP contribution is 2.04. The van der Waals surface area contributed by atoms with E-state index in [1.807, 2.05) is 7.05 Å². The molecule has 0 bridgehead atoms. The van der Waals surface area contributed by atoms with Crippen molar-refractivity contribution in [2.75, 3.05) is 14.2 Å². The van der Waals surface area contributed by atoms with Crippen LogP contribution in [0.15, 0.2) is 5.10 Å². The molecule has 0 saturated carbocycles. The van der Waals surface area contributed by atoms with Gasteiger partial charge < -0.3 is 4.74 Å². The standard InChI is InChI=1S/C5H8N2O/c1-7-4-5(8-2)3-6-7/h3,5H,1-2H3. The second-order valence-corrected chi connectivity index (χ2v) is 1.57. The molecular weight excluding hydrogens is 104 g/mol. The third-order valence-corrected chi connectivity index (χ3v) is 0.943. The Morgan fingerprint density at radius 1 is 1.88 bits per heavy atom. The van der Waals surface area contributed by atoms with Crippen molar-refractivity contribution in [3.8, 4) is 0 Å². The Hall–Kier alpha value is -0.570. The fraction of sp³-hybridized carbons (Fsp3) is 0.600. The van der Waals surface area contributed by atoms with E-state index in [1.165, 1.54) is 0 Å². The molecule has 1 rings (SSSR count). The fourth-order valence-corrected chi connectivity index (χ4v) is 0.525. The summed E-state index contributed by atoms with van der Waals surface area (Å²) in [5, 5.41) is 5.47. The molecule has 0 aromatic carbocycles. The second kappa shape index (κ2) is 2.13. The Balaban J connectivity index is 2.34. The van der Waals surface area contributed by atoms with Crippen molar-refractivity contribution < 1.29 is 4.74 Å². The number of ether oxygens (including phenoxy) is 1. The molecule has 0 saturated heterocycles. The number of rotatable bonds is 1. The van der Waals surface area contributed by atoms with Crippen LogP contribution in [-0.4, -0.2) is 31.5 Å². The Morgan fingerprint density at radius 2 is 2.62 bits per heavy atom. The van der Waals surface area contributed by atoms with Crippen LogP contribution >= 0.6 is 0 Å². The Bertz CT molecular complexity index is 103. The molecular formula is C5H8N2O. The zero-order valence-electron chi connectivity index (χ0n) is 4.96. The van der Waals surface area contributed by atoms with E-state index in [9.17, 15) is 0 Å². The average molecular weight is 112 g/mol. The minimum Gasteiger partial charge on any atom is -0.373 e. The zero-order valence-corrected chi connectivity index (χ0v) is 4.96. The lowest BCUT2D eigenvalue weighted by Crippen LogP contribution is -2.13. The van der Waals surface area contributed by atoms with Crippen LogP contribution in [0.4, 0.5) is 0 Å². The van der Waals surface area contributed by atoms with E-state index in [4.69, 9.17) is 4.74 Å². The van der Waals surface area contributed by atoms with Gasteiger partial charge in [0.15, 0.2) is 0 Å². The van der Waals surface area contributed by atoms with Gasteiger partial charge in [-0.05, 0) is 0 Å². The first-order valence-electron chi connectivity index (χ1n) is 2.39. The van der Waals surface area contributed by atoms with E-state index in [-0.39, 0.29) is 6.10 Å². The highest BCUT2D eigenvalue weighted by atomic mass is 16.5. The van der Waals surface area contributed by atoms with E-state index in [2.05, 4.69) is 11.6 Å². The second-order valence-electron chi connectivity index (χ2n) is 1.57. The molecule has 1 aliphatic heterocycles. The van der Waals surface area contributed by atoms with Crippen molar-refractivity contribution in [2.45, 2.75) is 6.10 Å². The first-order valence-corrected chi connectivity index (χ1v) is 2.39. The predicted molar refractivity (Wildman–Crippen MR) is 30.3 cm³/mol. The van der Waals surface area contributed by atoms with Crippen molar-refractivity contribution in [3.05, 3.63) is 6.54 Å². The van der Waals surface area contributed by atoms with E-state index in [0.717, 1.165) is 0 Å². The van der Waals surface area contributed by atoms with Crippen molar-refractivity contribution in [3.63, 3.8) is 0 Å². The molecule has 2 radical (unpaired) electrons. The minimum atomic E-state index is -0.0417. The van der Waals surface area contributed by atoms with Crippen molar-refractivity contribution in [1.82, 2.24) is 5.01 Å². The molecule has 0 amide bonds. The van der Waals surface area contributed by atoms with Crippen molar-refractivity contribution >= 4 is 6.21 Å². The molecule has 0 aromatic rings. The Labute approximate surface area is 48.9 Å². The smallest absolute Gasteiger partial charge is 0.149 e. The lowest BCUT2D eigenvalue weighted by atomic mass is 10.4. The molecule has 1 atom stereocenters. The number of hydrogen-bond donors (Lipinski definition) is 0. The maximum atomic E-state index is 4.88. The van der Waals surface area contributed by atoms with Gasteiger partial charge in [0.1, 0.15) is 12.6 Å². The third kappa shape index (κ3) is 0.980. The molecule has 0 aliphatic carbocycles. The summed E-state index contributed by atoms with van der Waals surface area (Å²) in [5.74, 6) is 0. The molecule has 0 spiro atoms. The maximum Gasteiger partial charge on any atom is 0.149 e. The summed E-state index contributed by atoms with van der Waals surface area (Å²) in [6, 6.07) is 0. The summed E-state index contributed by atoms with van der Waals surface area (Å²) in [4.78, 5) is 0. The Morgan fingerprint density at radius 3 is 2.88 bits per heavy atom.